The van der Waals surface area contributed by atoms with Gasteiger partial charge in [-0.2, -0.15) is 0 Å². The predicted molar refractivity (Wildman–Crippen MR) is 57.4 cm³/mol. The Balaban J connectivity index is 1.68. The smallest absolute Gasteiger partial charge is 0.0613 e. The second-order valence-corrected chi connectivity index (χ2v) is 4.46. The van der Waals surface area contributed by atoms with Gasteiger partial charge in [0.1, 0.15) is 0 Å². The molecular weight excluding hydrogens is 176 g/mol. The van der Waals surface area contributed by atoms with E-state index in [-0.39, 0.29) is 0 Å². The average Bonchev–Trinajstić information content (AvgIpc) is 2.85. The summed E-state index contributed by atoms with van der Waals surface area (Å²) >= 11 is 0. The maximum absolute atomic E-state index is 5.67. The minimum absolute atomic E-state index is 0.511. The van der Waals surface area contributed by atoms with Crippen LogP contribution >= 0.6 is 0 Å². The van der Waals surface area contributed by atoms with E-state index in [9.17, 15) is 0 Å². The van der Waals surface area contributed by atoms with Gasteiger partial charge < -0.3 is 15.4 Å². The molecule has 2 rings (SSSR count). The van der Waals surface area contributed by atoms with Crippen molar-refractivity contribution in [3.05, 3.63) is 0 Å². The summed E-state index contributed by atoms with van der Waals surface area (Å²) in [5.74, 6) is 0.751. The molecule has 0 amide bonds. The fraction of sp³-hybridized carbons (Fsp3) is 1.00. The van der Waals surface area contributed by atoms with Gasteiger partial charge in [-0.3, -0.25) is 0 Å². The minimum atomic E-state index is 0.511. The fourth-order valence-corrected chi connectivity index (χ4v) is 2.52. The van der Waals surface area contributed by atoms with Gasteiger partial charge in [-0.25, -0.2) is 0 Å². The van der Waals surface area contributed by atoms with E-state index in [2.05, 4.69) is 17.6 Å². The van der Waals surface area contributed by atoms with E-state index in [1.54, 1.807) is 0 Å². The van der Waals surface area contributed by atoms with Gasteiger partial charge in [0.2, 0.25) is 0 Å². The van der Waals surface area contributed by atoms with Gasteiger partial charge >= 0.3 is 0 Å². The molecule has 0 aromatic rings. The second-order valence-electron chi connectivity index (χ2n) is 4.46. The maximum atomic E-state index is 5.67. The van der Waals surface area contributed by atoms with Crippen molar-refractivity contribution in [2.24, 2.45) is 5.92 Å². The van der Waals surface area contributed by atoms with Crippen LogP contribution in [0.1, 0.15) is 26.2 Å². The second kappa shape index (κ2) is 5.10. The monoisotopic (exact) mass is 198 g/mol. The molecule has 0 aromatic heterocycles. The lowest BCUT2D eigenvalue weighted by Crippen LogP contribution is -2.37. The molecule has 2 heterocycles. The summed E-state index contributed by atoms with van der Waals surface area (Å²) in [4.78, 5) is 0. The van der Waals surface area contributed by atoms with Gasteiger partial charge in [0.05, 0.1) is 6.10 Å². The lowest BCUT2D eigenvalue weighted by Gasteiger charge is -2.19. The molecule has 3 atom stereocenters. The molecule has 0 radical (unpaired) electrons. The van der Waals surface area contributed by atoms with Gasteiger partial charge in [-0.1, -0.05) is 6.92 Å². The van der Waals surface area contributed by atoms with Crippen LogP contribution in [0.3, 0.4) is 0 Å². The van der Waals surface area contributed by atoms with Crippen molar-refractivity contribution < 1.29 is 4.74 Å². The number of hydrogen-bond acceptors (Lipinski definition) is 3. The molecule has 3 unspecified atom stereocenters. The molecule has 3 nitrogen and oxygen atoms in total. The molecule has 0 spiro atoms. The normalized spacial score (nSPS) is 37.9. The van der Waals surface area contributed by atoms with Crippen LogP contribution in [0.15, 0.2) is 0 Å². The minimum Gasteiger partial charge on any atom is -0.378 e. The standard InChI is InChI=1S/C11H22N2O/c1-2-11-9(4-6-14-11)7-13-10-3-5-12-8-10/h9-13H,2-8H2,1H3. The third-order valence-electron chi connectivity index (χ3n) is 3.48. The Morgan fingerprint density at radius 3 is 3.07 bits per heavy atom. The molecule has 2 N–H and O–H groups in total. The fourth-order valence-electron chi connectivity index (χ4n) is 2.52. The zero-order valence-corrected chi connectivity index (χ0v) is 9.09. The van der Waals surface area contributed by atoms with Crippen LogP contribution in [0.25, 0.3) is 0 Å². The van der Waals surface area contributed by atoms with Crippen molar-refractivity contribution >= 4 is 0 Å². The van der Waals surface area contributed by atoms with E-state index < -0.39 is 0 Å². The average molecular weight is 198 g/mol. The highest BCUT2D eigenvalue weighted by Gasteiger charge is 2.27. The summed E-state index contributed by atoms with van der Waals surface area (Å²) in [6.07, 6.45) is 4.20. The Labute approximate surface area is 86.6 Å². The Morgan fingerprint density at radius 2 is 2.36 bits per heavy atom. The van der Waals surface area contributed by atoms with Crippen LogP contribution < -0.4 is 10.6 Å². The lowest BCUT2D eigenvalue weighted by molar-refractivity contribution is 0.0867. The lowest BCUT2D eigenvalue weighted by atomic mass is 9.99. The Morgan fingerprint density at radius 1 is 1.43 bits per heavy atom. The van der Waals surface area contributed by atoms with Crippen molar-refractivity contribution in [3.63, 3.8) is 0 Å². The van der Waals surface area contributed by atoms with Crippen molar-refractivity contribution in [2.75, 3.05) is 26.2 Å². The van der Waals surface area contributed by atoms with Crippen LogP contribution in [0.2, 0.25) is 0 Å². The zero-order chi connectivity index (χ0) is 9.80. The molecule has 0 bridgehead atoms. The number of ether oxygens (including phenoxy) is 1. The summed E-state index contributed by atoms with van der Waals surface area (Å²) in [7, 11) is 0. The summed E-state index contributed by atoms with van der Waals surface area (Å²) < 4.78 is 5.67. The quantitative estimate of drug-likeness (QED) is 0.699. The van der Waals surface area contributed by atoms with E-state index in [4.69, 9.17) is 4.74 Å². The first-order valence-electron chi connectivity index (χ1n) is 5.96. The first-order valence-corrected chi connectivity index (χ1v) is 5.96. The molecule has 14 heavy (non-hydrogen) atoms. The van der Waals surface area contributed by atoms with Crippen molar-refractivity contribution in [2.45, 2.75) is 38.3 Å². The van der Waals surface area contributed by atoms with Crippen LogP contribution in [-0.4, -0.2) is 38.4 Å². The van der Waals surface area contributed by atoms with E-state index in [0.717, 1.165) is 32.0 Å². The number of rotatable bonds is 4. The predicted octanol–water partition coefficient (Wildman–Crippen LogP) is 0.753. The van der Waals surface area contributed by atoms with Crippen LogP contribution in [0.5, 0.6) is 0 Å². The first-order chi connectivity index (χ1) is 6.90. The van der Waals surface area contributed by atoms with Crippen LogP contribution in [0.4, 0.5) is 0 Å². The topological polar surface area (TPSA) is 33.3 Å². The van der Waals surface area contributed by atoms with E-state index in [0.29, 0.717) is 12.1 Å². The molecule has 0 aliphatic carbocycles. The first kappa shape index (κ1) is 10.4. The van der Waals surface area contributed by atoms with E-state index in [1.165, 1.54) is 19.4 Å². The molecule has 3 heteroatoms. The highest BCUT2D eigenvalue weighted by molar-refractivity contribution is 4.82. The number of nitrogens with one attached hydrogen (secondary N) is 2. The SMILES string of the molecule is CCC1OCCC1CNC1CCNC1. The van der Waals surface area contributed by atoms with Gasteiger partial charge in [-0.15, -0.1) is 0 Å². The third kappa shape index (κ3) is 2.47. The zero-order valence-electron chi connectivity index (χ0n) is 9.09. The van der Waals surface area contributed by atoms with Gasteiger partial charge in [-0.05, 0) is 31.7 Å². The van der Waals surface area contributed by atoms with Crippen molar-refractivity contribution in [1.29, 1.82) is 0 Å². The molecule has 2 aliphatic rings. The Bertz CT molecular complexity index is 169. The molecule has 2 aliphatic heterocycles. The molecule has 0 aromatic carbocycles. The van der Waals surface area contributed by atoms with Crippen LogP contribution in [-0.2, 0) is 4.74 Å². The third-order valence-corrected chi connectivity index (χ3v) is 3.48. The summed E-state index contributed by atoms with van der Waals surface area (Å²) in [6, 6.07) is 0.702. The summed E-state index contributed by atoms with van der Waals surface area (Å²) in [5, 5.41) is 7.02. The Kier molecular flexibility index (Phi) is 3.79. The van der Waals surface area contributed by atoms with Gasteiger partial charge in [0, 0.05) is 25.7 Å². The van der Waals surface area contributed by atoms with Gasteiger partial charge in [0.15, 0.2) is 0 Å². The maximum Gasteiger partial charge on any atom is 0.0613 e. The van der Waals surface area contributed by atoms with Gasteiger partial charge in [0.25, 0.3) is 0 Å². The van der Waals surface area contributed by atoms with Crippen molar-refractivity contribution in [3.8, 4) is 0 Å². The largest absolute Gasteiger partial charge is 0.378 e. The highest BCUT2D eigenvalue weighted by Crippen LogP contribution is 2.22. The summed E-state index contributed by atoms with van der Waals surface area (Å²) in [6.45, 7) is 6.65. The number of hydrogen-bond donors (Lipinski definition) is 2. The van der Waals surface area contributed by atoms with Crippen LogP contribution in [0, 0.1) is 5.92 Å². The molecule has 82 valence electrons. The molecule has 0 saturated carbocycles. The highest BCUT2D eigenvalue weighted by atomic mass is 16.5. The molecule has 2 saturated heterocycles. The Hall–Kier alpha value is -0.120. The molecular formula is C11H22N2O. The van der Waals surface area contributed by atoms with Crippen molar-refractivity contribution in [1.82, 2.24) is 10.6 Å². The molecule has 2 fully saturated rings. The summed E-state index contributed by atoms with van der Waals surface area (Å²) in [5.41, 5.74) is 0. The van der Waals surface area contributed by atoms with E-state index >= 15 is 0 Å². The van der Waals surface area contributed by atoms with E-state index in [1.807, 2.05) is 0 Å².